The van der Waals surface area contributed by atoms with Crippen molar-refractivity contribution in [2.75, 3.05) is 0 Å². The molecule has 6 N–H and O–H groups in total. The largest absolute Gasteiger partial charge is 0.508 e. The Morgan fingerprint density at radius 1 is 0.762 bits per heavy atom. The molecule has 0 bridgehead atoms. The Morgan fingerprint density at radius 3 is 2.10 bits per heavy atom. The molecule has 42 heavy (non-hydrogen) atoms. The summed E-state index contributed by atoms with van der Waals surface area (Å²) in [5.74, 6) is -6.12. The molecule has 3 heterocycles. The van der Waals surface area contributed by atoms with Crippen molar-refractivity contribution in [1.82, 2.24) is 0 Å². The number of hydrogen-bond donors (Lipinski definition) is 6. The molecule has 0 amide bonds. The van der Waals surface area contributed by atoms with Crippen LogP contribution < -0.4 is 4.74 Å². The molecule has 3 aliphatic heterocycles. The molecule has 2 aromatic carbocycles. The van der Waals surface area contributed by atoms with Gasteiger partial charge in [-0.15, -0.1) is 0 Å². The van der Waals surface area contributed by atoms with Crippen molar-refractivity contribution in [2.45, 2.75) is 75.5 Å². The number of Topliss-reactive ketones (excluding diaryl/α,β-unsaturated/α-hetero) is 3. The van der Waals surface area contributed by atoms with Crippen LogP contribution in [0, 0.1) is 5.92 Å². The van der Waals surface area contributed by atoms with Crippen LogP contribution in [0.15, 0.2) is 29.3 Å². The molecule has 2 aliphatic carbocycles. The fourth-order valence-corrected chi connectivity index (χ4v) is 7.90. The van der Waals surface area contributed by atoms with Gasteiger partial charge in [0.1, 0.15) is 35.2 Å². The molecule has 1 saturated heterocycles. The van der Waals surface area contributed by atoms with Crippen LogP contribution in [0.3, 0.4) is 0 Å². The van der Waals surface area contributed by atoms with Gasteiger partial charge in [-0.05, 0) is 33.8 Å². The molecule has 220 valence electrons. The van der Waals surface area contributed by atoms with E-state index >= 15 is 0 Å². The number of rotatable bonds is 0. The Kier molecular flexibility index (Phi) is 5.26. The number of ketones is 3. The summed E-state index contributed by atoms with van der Waals surface area (Å²) in [7, 11) is 0. The van der Waals surface area contributed by atoms with Crippen LogP contribution in [-0.2, 0) is 15.1 Å². The quantitative estimate of drug-likeness (QED) is 0.259. The highest BCUT2D eigenvalue weighted by molar-refractivity contribution is 6.30. The zero-order valence-electron chi connectivity index (χ0n) is 22.9. The summed E-state index contributed by atoms with van der Waals surface area (Å²) < 4.78 is 17.8. The predicted molar refractivity (Wildman–Crippen MR) is 140 cm³/mol. The molecule has 12 heteroatoms. The third-order valence-electron chi connectivity index (χ3n) is 9.54. The van der Waals surface area contributed by atoms with Crippen molar-refractivity contribution in [2.24, 2.45) is 5.92 Å². The van der Waals surface area contributed by atoms with Crippen LogP contribution in [0.2, 0.25) is 0 Å². The maximum absolute atomic E-state index is 14.3. The second-order valence-electron chi connectivity index (χ2n) is 11.8. The molecule has 9 atom stereocenters. The lowest BCUT2D eigenvalue weighted by Gasteiger charge is -2.57. The summed E-state index contributed by atoms with van der Waals surface area (Å²) in [5.41, 5.74) is -7.45. The zero-order valence-corrected chi connectivity index (χ0v) is 22.9. The van der Waals surface area contributed by atoms with Crippen LogP contribution in [-0.4, -0.2) is 90.2 Å². The van der Waals surface area contributed by atoms with E-state index in [9.17, 15) is 45.0 Å². The Morgan fingerprint density at radius 2 is 1.40 bits per heavy atom. The van der Waals surface area contributed by atoms with Gasteiger partial charge in [-0.3, -0.25) is 14.4 Å². The lowest BCUT2D eigenvalue weighted by atomic mass is 9.55. The Balaban J connectivity index is 1.63. The second-order valence-corrected chi connectivity index (χ2v) is 11.8. The molecule has 0 saturated carbocycles. The first kappa shape index (κ1) is 27.0. The van der Waals surface area contributed by atoms with Crippen molar-refractivity contribution in [3.05, 3.63) is 57.2 Å². The molecule has 1 spiro atoms. The highest BCUT2D eigenvalue weighted by Gasteiger charge is 2.77. The second kappa shape index (κ2) is 8.17. The normalized spacial score (nSPS) is 38.2. The van der Waals surface area contributed by atoms with Gasteiger partial charge in [0.05, 0.1) is 41.5 Å². The average Bonchev–Trinajstić information content (AvgIpc) is 3.16. The molecule has 2 aromatic rings. The predicted octanol–water partition coefficient (Wildman–Crippen LogP) is 0.995. The summed E-state index contributed by atoms with van der Waals surface area (Å²) in [5, 5.41) is 68.2. The van der Waals surface area contributed by atoms with Crippen LogP contribution in [0.5, 0.6) is 23.0 Å². The van der Waals surface area contributed by atoms with E-state index < -0.39 is 105 Å². The standard InChI is InChI=1S/C30H28O12/c1-8-17-21(24(34)10(3)40-8)26(36)20-19(25(17)35)15(33)7-16-23(20)29(39)13-5-12(31)6-14(32)18(13)27(37)22-9(2)41-11(4)28(38)30(22,29)42-16/h5-11,22,24,28,31-34,38-39H,1-4H3/t8-,9-,10-,11-,22-,24-,28-,29+,30+/m1/s1. The first-order chi connectivity index (χ1) is 19.7. The third kappa shape index (κ3) is 2.81. The first-order valence-corrected chi connectivity index (χ1v) is 13.6. The van der Waals surface area contributed by atoms with Crippen molar-refractivity contribution < 1.29 is 59.2 Å². The van der Waals surface area contributed by atoms with Crippen LogP contribution in [0.4, 0.5) is 0 Å². The molecule has 0 radical (unpaired) electrons. The average molecular weight is 581 g/mol. The molecule has 7 rings (SSSR count). The zero-order chi connectivity index (χ0) is 30.4. The van der Waals surface area contributed by atoms with Crippen LogP contribution in [0.25, 0.3) is 0 Å². The first-order valence-electron chi connectivity index (χ1n) is 13.6. The highest BCUT2D eigenvalue weighted by atomic mass is 16.6. The van der Waals surface area contributed by atoms with Gasteiger partial charge in [0, 0.05) is 40.0 Å². The third-order valence-corrected chi connectivity index (χ3v) is 9.54. The van der Waals surface area contributed by atoms with Crippen molar-refractivity contribution >= 4 is 17.3 Å². The molecular formula is C30H28O12. The number of aliphatic hydroxyl groups excluding tert-OH is 2. The van der Waals surface area contributed by atoms with E-state index in [4.69, 9.17) is 14.2 Å². The number of carbonyl (C=O) groups excluding carboxylic acids is 3. The summed E-state index contributed by atoms with van der Waals surface area (Å²) >= 11 is 0. The van der Waals surface area contributed by atoms with Crippen molar-refractivity contribution in [3.63, 3.8) is 0 Å². The van der Waals surface area contributed by atoms with E-state index in [0.717, 1.165) is 18.2 Å². The fourth-order valence-electron chi connectivity index (χ4n) is 7.90. The minimum Gasteiger partial charge on any atom is -0.508 e. The Bertz CT molecular complexity index is 1690. The number of ether oxygens (including phenoxy) is 3. The summed E-state index contributed by atoms with van der Waals surface area (Å²) in [4.78, 5) is 42.3. The van der Waals surface area contributed by atoms with E-state index in [2.05, 4.69) is 0 Å². The van der Waals surface area contributed by atoms with E-state index in [1.807, 2.05) is 0 Å². The van der Waals surface area contributed by atoms with E-state index in [1.165, 1.54) is 27.7 Å². The van der Waals surface area contributed by atoms with Crippen molar-refractivity contribution in [3.8, 4) is 23.0 Å². The monoisotopic (exact) mass is 580 g/mol. The molecule has 0 unspecified atom stereocenters. The van der Waals surface area contributed by atoms with Crippen LogP contribution >= 0.6 is 0 Å². The van der Waals surface area contributed by atoms with Gasteiger partial charge in [-0.2, -0.15) is 0 Å². The molecule has 12 nitrogen and oxygen atoms in total. The lowest BCUT2D eigenvalue weighted by molar-refractivity contribution is -0.263. The molecule has 0 aromatic heterocycles. The van der Waals surface area contributed by atoms with Gasteiger partial charge in [-0.25, -0.2) is 0 Å². The Hall–Kier alpha value is -3.81. The summed E-state index contributed by atoms with van der Waals surface area (Å²) in [6.07, 6.45) is -7.06. The number of fused-ring (bicyclic) bond motifs is 6. The highest BCUT2D eigenvalue weighted by Crippen LogP contribution is 2.65. The molecular weight excluding hydrogens is 552 g/mol. The van der Waals surface area contributed by atoms with Gasteiger partial charge in [0.2, 0.25) is 0 Å². The number of hydrogen-bond acceptors (Lipinski definition) is 12. The maximum atomic E-state index is 14.3. The van der Waals surface area contributed by atoms with Gasteiger partial charge in [0.25, 0.3) is 0 Å². The number of carbonyl (C=O) groups is 3. The van der Waals surface area contributed by atoms with Gasteiger partial charge in [-0.1, -0.05) is 0 Å². The SMILES string of the molecule is C[C@H]1O[C@H](C)[C@@H](O)C2=C1C(=O)c1c(O)cc3c(c1C2=O)[C@@]1(O)c2cc(O)cc(O)c2C(=O)[C@H]2[C@@H](C)O[C@H](C)[C@@H](O)[C@@]21O3. The number of benzene rings is 2. The van der Waals surface area contributed by atoms with Crippen LogP contribution in [0.1, 0.15) is 69.9 Å². The number of phenols is 3. The Labute approximate surface area is 238 Å². The topological polar surface area (TPSA) is 200 Å². The smallest absolute Gasteiger partial charge is 0.196 e. The number of aliphatic hydroxyl groups is 3. The summed E-state index contributed by atoms with van der Waals surface area (Å²) in [6, 6.07) is 2.95. The van der Waals surface area contributed by atoms with E-state index in [0.29, 0.717) is 0 Å². The van der Waals surface area contributed by atoms with Gasteiger partial charge in [0.15, 0.2) is 28.6 Å². The van der Waals surface area contributed by atoms with E-state index in [1.54, 1.807) is 0 Å². The minimum atomic E-state index is -2.66. The number of phenolic OH excluding ortho intramolecular Hbond substituents is 3. The van der Waals surface area contributed by atoms with Gasteiger partial charge >= 0.3 is 0 Å². The minimum absolute atomic E-state index is 0.144. The fraction of sp³-hybridized carbons (Fsp3) is 0.433. The molecule has 1 fully saturated rings. The molecule has 5 aliphatic rings. The van der Waals surface area contributed by atoms with E-state index in [-0.39, 0.29) is 28.0 Å². The van der Waals surface area contributed by atoms with Crippen molar-refractivity contribution in [1.29, 1.82) is 0 Å². The van der Waals surface area contributed by atoms with Gasteiger partial charge < -0.3 is 44.8 Å². The number of aromatic hydroxyl groups is 3. The summed E-state index contributed by atoms with van der Waals surface area (Å²) in [6.45, 7) is 6.09. The lowest BCUT2D eigenvalue weighted by Crippen LogP contribution is -2.75. The maximum Gasteiger partial charge on any atom is 0.196 e.